The Morgan fingerprint density at radius 1 is 0.674 bits per heavy atom. The number of rotatable bonds is 6. The monoisotopic (exact) mass is 588 g/mol. The van der Waals surface area contributed by atoms with Crippen LogP contribution in [0.4, 0.5) is 11.4 Å². The molecule has 2 aromatic carbocycles. The van der Waals surface area contributed by atoms with Crippen LogP contribution in [0.2, 0.25) is 0 Å². The van der Waals surface area contributed by atoms with E-state index in [4.69, 9.17) is 4.42 Å². The minimum Gasteiger partial charge on any atom is -0.441 e. The highest BCUT2D eigenvalue weighted by Crippen LogP contribution is 2.42. The van der Waals surface area contributed by atoms with Crippen LogP contribution in [0.15, 0.2) is 4.42 Å². The Bertz CT molecular complexity index is 1550. The fraction of sp³-hybridized carbons (Fsp3) is 0.528. The molecule has 3 rings (SSSR count). The predicted molar refractivity (Wildman–Crippen MR) is 179 cm³/mol. The highest BCUT2D eigenvalue weighted by Gasteiger charge is 2.40. The predicted octanol–water partition coefficient (Wildman–Crippen LogP) is 7.50. The lowest BCUT2D eigenvalue weighted by atomic mass is 9.76. The van der Waals surface area contributed by atoms with Crippen LogP contribution in [0.25, 0.3) is 11.3 Å². The third-order valence-electron chi connectivity index (χ3n) is 10.3. The van der Waals surface area contributed by atoms with Gasteiger partial charge in [0.25, 0.3) is 0 Å². The van der Waals surface area contributed by atoms with Gasteiger partial charge in [-0.25, -0.2) is 4.98 Å². The number of carbonyl (C=O) groups excluding carboxylic acids is 2. The maximum absolute atomic E-state index is 13.9. The summed E-state index contributed by atoms with van der Waals surface area (Å²) in [6, 6.07) is 0. The first-order valence-electron chi connectivity index (χ1n) is 15.1. The summed E-state index contributed by atoms with van der Waals surface area (Å²) in [6.07, 6.45) is 0. The maximum Gasteiger partial charge on any atom is 0.316 e. The van der Waals surface area contributed by atoms with Gasteiger partial charge in [-0.15, -0.1) is 0 Å². The number of hydrogen-bond donors (Lipinski definition) is 0. The first-order chi connectivity index (χ1) is 19.7. The molecule has 0 fully saturated rings. The van der Waals surface area contributed by atoms with E-state index in [0.717, 1.165) is 45.0 Å². The topological polar surface area (TPSA) is 69.9 Å². The first kappa shape index (κ1) is 33.9. The van der Waals surface area contributed by atoms with Crippen molar-refractivity contribution in [2.24, 2.45) is 0 Å². The van der Waals surface area contributed by atoms with Gasteiger partial charge in [0.1, 0.15) is 0 Å². The second-order valence-electron chi connectivity index (χ2n) is 13.1. The van der Waals surface area contributed by atoms with Crippen molar-refractivity contribution in [2.45, 2.75) is 101 Å². The minimum atomic E-state index is -0.636. The van der Waals surface area contributed by atoms with Crippen LogP contribution in [-0.2, 0) is 9.59 Å². The average Bonchev–Trinajstić information content (AvgIpc) is 3.26. The third-order valence-corrected chi connectivity index (χ3v) is 10.3. The summed E-state index contributed by atoms with van der Waals surface area (Å²) in [5.41, 5.74) is 13.2. The summed E-state index contributed by atoms with van der Waals surface area (Å²) in [7, 11) is 7.60. The van der Waals surface area contributed by atoms with Gasteiger partial charge in [-0.1, -0.05) is 6.92 Å². The molecular formula is C36H52N4O3. The molecule has 0 saturated carbocycles. The maximum atomic E-state index is 13.9. The summed E-state index contributed by atoms with van der Waals surface area (Å²) in [5.74, 6) is 0.256. The number of likely N-dealkylation sites (N-methyl/N-ethyl adjacent to an activating group) is 2. The lowest BCUT2D eigenvalue weighted by Crippen LogP contribution is -2.53. The number of aryl methyl sites for hydroxylation is 2. The Labute approximate surface area is 259 Å². The molecule has 43 heavy (non-hydrogen) atoms. The van der Waals surface area contributed by atoms with Gasteiger partial charge in [0.2, 0.25) is 0 Å². The molecule has 0 bridgehead atoms. The van der Waals surface area contributed by atoms with Gasteiger partial charge in [-0.3, -0.25) is 9.59 Å². The smallest absolute Gasteiger partial charge is 0.316 e. The Hall–Kier alpha value is -3.61. The molecule has 0 aliphatic heterocycles. The van der Waals surface area contributed by atoms with Crippen molar-refractivity contribution >= 4 is 23.2 Å². The van der Waals surface area contributed by atoms with E-state index in [1.807, 2.05) is 55.4 Å². The zero-order valence-corrected chi connectivity index (χ0v) is 29.6. The van der Waals surface area contributed by atoms with Gasteiger partial charge < -0.3 is 19.1 Å². The van der Waals surface area contributed by atoms with Crippen LogP contribution in [0.3, 0.4) is 0 Å². The van der Waals surface area contributed by atoms with E-state index in [-0.39, 0.29) is 5.92 Å². The van der Waals surface area contributed by atoms with Gasteiger partial charge in [0, 0.05) is 57.8 Å². The Balaban J connectivity index is 2.02. The van der Waals surface area contributed by atoms with E-state index >= 15 is 0 Å². The molecule has 1 aromatic heterocycles. The normalized spacial score (nSPS) is 12.4. The van der Waals surface area contributed by atoms with Crippen molar-refractivity contribution in [1.29, 1.82) is 0 Å². The third kappa shape index (κ3) is 5.47. The van der Waals surface area contributed by atoms with Crippen molar-refractivity contribution in [3.05, 3.63) is 61.7 Å². The number of oxazole rings is 1. The van der Waals surface area contributed by atoms with E-state index in [2.05, 4.69) is 58.6 Å². The van der Waals surface area contributed by atoms with Gasteiger partial charge >= 0.3 is 11.8 Å². The molecule has 0 spiro atoms. The van der Waals surface area contributed by atoms with Gasteiger partial charge in [0.15, 0.2) is 11.7 Å². The molecule has 2 amide bonds. The Morgan fingerprint density at radius 2 is 1.12 bits per heavy atom. The highest BCUT2D eigenvalue weighted by atomic mass is 16.4. The summed E-state index contributed by atoms with van der Waals surface area (Å²) in [6.45, 7) is 26.8. The lowest BCUT2D eigenvalue weighted by Gasteiger charge is -2.42. The quantitative estimate of drug-likeness (QED) is 0.279. The number of hydrogen-bond acceptors (Lipinski definition) is 5. The van der Waals surface area contributed by atoms with Crippen LogP contribution in [0, 0.1) is 69.2 Å². The molecule has 1 unspecified atom stereocenters. The van der Waals surface area contributed by atoms with Crippen LogP contribution in [-0.4, -0.2) is 55.4 Å². The molecule has 1 atom stereocenters. The molecule has 7 nitrogen and oxygen atoms in total. The zero-order valence-electron chi connectivity index (χ0n) is 29.6. The number of nitrogens with zero attached hydrogens (tertiary/aromatic N) is 4. The zero-order chi connectivity index (χ0) is 33.0. The highest BCUT2D eigenvalue weighted by molar-refractivity contribution is 6.40. The van der Waals surface area contributed by atoms with E-state index < -0.39 is 17.4 Å². The summed E-state index contributed by atoms with van der Waals surface area (Å²) in [5, 5.41) is 0. The van der Waals surface area contributed by atoms with Crippen LogP contribution in [0.1, 0.15) is 88.3 Å². The van der Waals surface area contributed by atoms with Crippen molar-refractivity contribution < 1.29 is 14.0 Å². The molecule has 234 valence electrons. The van der Waals surface area contributed by atoms with E-state index in [0.29, 0.717) is 5.89 Å². The van der Waals surface area contributed by atoms with Crippen molar-refractivity contribution in [3.8, 4) is 11.3 Å². The molecule has 0 aliphatic rings. The average molecular weight is 589 g/mol. The van der Waals surface area contributed by atoms with Gasteiger partial charge in [-0.05, 0) is 126 Å². The van der Waals surface area contributed by atoms with E-state index in [1.165, 1.54) is 38.4 Å². The van der Waals surface area contributed by atoms with E-state index in [9.17, 15) is 9.59 Å². The number of anilines is 2. The number of aromatic nitrogens is 1. The van der Waals surface area contributed by atoms with Crippen molar-refractivity contribution in [1.82, 2.24) is 9.88 Å². The van der Waals surface area contributed by atoms with Crippen molar-refractivity contribution in [2.75, 3.05) is 38.0 Å². The second-order valence-corrected chi connectivity index (χ2v) is 13.1. The fourth-order valence-corrected chi connectivity index (χ4v) is 6.84. The lowest BCUT2D eigenvalue weighted by molar-refractivity contribution is -0.147. The van der Waals surface area contributed by atoms with Gasteiger partial charge in [0.05, 0.1) is 11.4 Å². The molecule has 3 aromatic rings. The summed E-state index contributed by atoms with van der Waals surface area (Å²) >= 11 is 0. The summed E-state index contributed by atoms with van der Waals surface area (Å²) in [4.78, 5) is 37.6. The summed E-state index contributed by atoms with van der Waals surface area (Å²) < 4.78 is 5.98. The molecule has 1 heterocycles. The SMILES string of the molecule is Cc1nc(C)c(-c2c(C)c(C)c(N(C)C(=O)C(=O)N(C)C(C)(C)C(C)c3c(C)c(C)c(N(C)C)c(C)c3C)c(C)c2C)o1. The molecule has 0 saturated heterocycles. The minimum absolute atomic E-state index is 0.0194. The number of benzene rings is 2. The second kappa shape index (κ2) is 11.8. The molecule has 7 heteroatoms. The molecule has 0 aliphatic carbocycles. The van der Waals surface area contributed by atoms with Crippen LogP contribution in [0.5, 0.6) is 0 Å². The van der Waals surface area contributed by atoms with E-state index in [1.54, 1.807) is 19.0 Å². The van der Waals surface area contributed by atoms with Crippen LogP contribution >= 0.6 is 0 Å². The molecule has 0 radical (unpaired) electrons. The molecule has 0 N–H and O–H groups in total. The Morgan fingerprint density at radius 3 is 1.51 bits per heavy atom. The van der Waals surface area contributed by atoms with Crippen LogP contribution < -0.4 is 9.80 Å². The van der Waals surface area contributed by atoms with Crippen molar-refractivity contribution in [3.63, 3.8) is 0 Å². The molecular weight excluding hydrogens is 536 g/mol. The standard InChI is InChI=1S/C36H52N4O3/c1-18-22(5)31(38(14)15)23(6)19(2)29(18)26(9)36(12,13)40(17)35(42)34(41)39(16)32-24(7)20(3)30(21(4)25(32)8)33-27(10)37-28(11)43-33/h26H,1-17H3. The number of amides is 2. The largest absolute Gasteiger partial charge is 0.441 e. The Kier molecular flexibility index (Phi) is 9.31. The number of carbonyl (C=O) groups is 2. The van der Waals surface area contributed by atoms with Gasteiger partial charge in [-0.2, -0.15) is 0 Å². The fourth-order valence-electron chi connectivity index (χ4n) is 6.84. The first-order valence-corrected chi connectivity index (χ1v) is 15.1.